The highest BCUT2D eigenvalue weighted by atomic mass is 19.4. The number of pyridine rings is 1. The molecule has 1 aromatic heterocycles. The fraction of sp³-hybridized carbons (Fsp3) is 0.143. The summed E-state index contributed by atoms with van der Waals surface area (Å²) in [7, 11) is 1.43. The number of hydrogen-bond acceptors (Lipinski definition) is 3. The molecule has 0 bridgehead atoms. The van der Waals surface area contributed by atoms with Gasteiger partial charge in [0.1, 0.15) is 11.6 Å². The molecular formula is C14H11F4N3O. The molecule has 2 N–H and O–H groups in total. The standard InChI is InChI=1S/C14H11F4N3O/c1-19-12-11(6-8(7-20-12)14(16,17)18)13(22)21-10-4-2-9(15)3-5-10/h2-7H,1H3,(H,19,20)(H,21,22). The molecule has 0 atom stereocenters. The molecule has 2 aromatic rings. The van der Waals surface area contributed by atoms with Gasteiger partial charge in [-0.25, -0.2) is 9.37 Å². The van der Waals surface area contributed by atoms with Crippen molar-refractivity contribution >= 4 is 17.4 Å². The Hall–Kier alpha value is -2.64. The Morgan fingerprint density at radius 1 is 1.18 bits per heavy atom. The van der Waals surface area contributed by atoms with Crippen molar-refractivity contribution in [2.45, 2.75) is 6.18 Å². The van der Waals surface area contributed by atoms with Crippen molar-refractivity contribution in [3.63, 3.8) is 0 Å². The van der Waals surface area contributed by atoms with Crippen molar-refractivity contribution in [3.8, 4) is 0 Å². The van der Waals surface area contributed by atoms with Crippen LogP contribution < -0.4 is 10.6 Å². The molecule has 116 valence electrons. The summed E-state index contributed by atoms with van der Waals surface area (Å²) < 4.78 is 50.9. The summed E-state index contributed by atoms with van der Waals surface area (Å²) in [4.78, 5) is 15.7. The number of alkyl halides is 3. The summed E-state index contributed by atoms with van der Waals surface area (Å²) in [5.74, 6) is -1.27. The van der Waals surface area contributed by atoms with Gasteiger partial charge in [0.05, 0.1) is 11.1 Å². The third-order valence-electron chi connectivity index (χ3n) is 2.80. The fourth-order valence-electron chi connectivity index (χ4n) is 1.72. The summed E-state index contributed by atoms with van der Waals surface area (Å²) in [5.41, 5.74) is -1.04. The molecule has 1 aromatic carbocycles. The van der Waals surface area contributed by atoms with Crippen molar-refractivity contribution in [2.75, 3.05) is 17.7 Å². The van der Waals surface area contributed by atoms with E-state index in [2.05, 4.69) is 15.6 Å². The molecular weight excluding hydrogens is 302 g/mol. The molecule has 0 aliphatic carbocycles. The van der Waals surface area contributed by atoms with Crippen molar-refractivity contribution in [3.05, 3.63) is 53.5 Å². The van der Waals surface area contributed by atoms with E-state index in [4.69, 9.17) is 0 Å². The first kappa shape index (κ1) is 15.7. The van der Waals surface area contributed by atoms with Crippen LogP contribution >= 0.6 is 0 Å². The number of hydrogen-bond donors (Lipinski definition) is 2. The van der Waals surface area contributed by atoms with E-state index in [1.807, 2.05) is 0 Å². The molecule has 1 amide bonds. The number of halogens is 4. The van der Waals surface area contributed by atoms with E-state index in [9.17, 15) is 22.4 Å². The van der Waals surface area contributed by atoms with Gasteiger partial charge in [0.2, 0.25) is 0 Å². The van der Waals surface area contributed by atoms with E-state index >= 15 is 0 Å². The Bertz CT molecular complexity index is 683. The van der Waals surface area contributed by atoms with Gasteiger partial charge in [0.25, 0.3) is 5.91 Å². The maximum atomic E-state index is 12.8. The fourth-order valence-corrected chi connectivity index (χ4v) is 1.72. The second-order valence-electron chi connectivity index (χ2n) is 4.33. The van der Waals surface area contributed by atoms with Crippen LogP contribution in [0.1, 0.15) is 15.9 Å². The van der Waals surface area contributed by atoms with Gasteiger partial charge in [-0.15, -0.1) is 0 Å². The summed E-state index contributed by atoms with van der Waals surface area (Å²) >= 11 is 0. The van der Waals surface area contributed by atoms with Gasteiger partial charge in [-0.3, -0.25) is 4.79 Å². The highest BCUT2D eigenvalue weighted by Crippen LogP contribution is 2.30. The summed E-state index contributed by atoms with van der Waals surface area (Å²) in [6.45, 7) is 0. The largest absolute Gasteiger partial charge is 0.417 e. The number of rotatable bonds is 3. The van der Waals surface area contributed by atoms with Crippen molar-refractivity contribution in [1.29, 1.82) is 0 Å². The number of benzene rings is 1. The first-order chi connectivity index (χ1) is 10.3. The molecule has 0 aliphatic heterocycles. The molecule has 0 unspecified atom stereocenters. The SMILES string of the molecule is CNc1ncc(C(F)(F)F)cc1C(=O)Nc1ccc(F)cc1. The molecule has 0 radical (unpaired) electrons. The first-order valence-corrected chi connectivity index (χ1v) is 6.13. The van der Waals surface area contributed by atoms with Gasteiger partial charge >= 0.3 is 6.18 Å². The van der Waals surface area contributed by atoms with Crippen LogP contribution in [0.5, 0.6) is 0 Å². The molecule has 0 saturated carbocycles. The number of anilines is 2. The number of amides is 1. The minimum Gasteiger partial charge on any atom is -0.372 e. The lowest BCUT2D eigenvalue weighted by Gasteiger charge is -2.12. The molecule has 0 aliphatic rings. The maximum absolute atomic E-state index is 12.8. The molecule has 4 nitrogen and oxygen atoms in total. The second kappa shape index (κ2) is 6.00. The average molecular weight is 313 g/mol. The summed E-state index contributed by atoms with van der Waals surface area (Å²) in [6, 6.07) is 5.55. The number of aromatic nitrogens is 1. The first-order valence-electron chi connectivity index (χ1n) is 6.13. The van der Waals surface area contributed by atoms with E-state index in [0.29, 0.717) is 12.3 Å². The zero-order valence-corrected chi connectivity index (χ0v) is 11.3. The normalized spacial score (nSPS) is 11.1. The second-order valence-corrected chi connectivity index (χ2v) is 4.33. The van der Waals surface area contributed by atoms with Gasteiger partial charge in [0.15, 0.2) is 0 Å². The number of nitrogens with zero attached hydrogens (tertiary/aromatic N) is 1. The third-order valence-corrected chi connectivity index (χ3v) is 2.80. The van der Waals surface area contributed by atoms with E-state index in [1.54, 1.807) is 0 Å². The van der Waals surface area contributed by atoms with E-state index in [-0.39, 0.29) is 17.1 Å². The van der Waals surface area contributed by atoms with E-state index in [1.165, 1.54) is 19.2 Å². The summed E-state index contributed by atoms with van der Waals surface area (Å²) in [5, 5.41) is 4.94. The van der Waals surface area contributed by atoms with E-state index in [0.717, 1.165) is 12.1 Å². The van der Waals surface area contributed by atoms with Crippen LogP contribution in [0, 0.1) is 5.82 Å². The lowest BCUT2D eigenvalue weighted by molar-refractivity contribution is -0.137. The van der Waals surface area contributed by atoms with Gasteiger partial charge in [-0.2, -0.15) is 13.2 Å². The Kier molecular flexibility index (Phi) is 4.30. The lowest BCUT2D eigenvalue weighted by Crippen LogP contribution is -2.17. The molecule has 0 fully saturated rings. The highest BCUT2D eigenvalue weighted by Gasteiger charge is 2.32. The molecule has 1 heterocycles. The average Bonchev–Trinajstić information content (AvgIpc) is 2.48. The van der Waals surface area contributed by atoms with Crippen molar-refractivity contribution in [2.24, 2.45) is 0 Å². The predicted octanol–water partition coefficient (Wildman–Crippen LogP) is 3.53. The van der Waals surface area contributed by atoms with Crippen LogP contribution in [-0.4, -0.2) is 17.9 Å². The van der Waals surface area contributed by atoms with Crippen LogP contribution in [0.15, 0.2) is 36.5 Å². The van der Waals surface area contributed by atoms with Gasteiger partial charge in [0, 0.05) is 18.9 Å². The highest BCUT2D eigenvalue weighted by molar-refractivity contribution is 6.07. The minimum atomic E-state index is -4.61. The Morgan fingerprint density at radius 3 is 2.36 bits per heavy atom. The molecule has 2 rings (SSSR count). The van der Waals surface area contributed by atoms with E-state index < -0.39 is 23.5 Å². The zero-order valence-electron chi connectivity index (χ0n) is 11.3. The Morgan fingerprint density at radius 2 is 1.82 bits per heavy atom. The smallest absolute Gasteiger partial charge is 0.372 e. The van der Waals surface area contributed by atoms with Crippen LogP contribution in [0.25, 0.3) is 0 Å². The van der Waals surface area contributed by atoms with Crippen LogP contribution in [0.3, 0.4) is 0 Å². The third kappa shape index (κ3) is 3.51. The molecule has 0 saturated heterocycles. The maximum Gasteiger partial charge on any atom is 0.417 e. The Balaban J connectivity index is 2.33. The molecule has 0 spiro atoms. The van der Waals surface area contributed by atoms with Crippen LogP contribution in [0.2, 0.25) is 0 Å². The topological polar surface area (TPSA) is 54.0 Å². The monoisotopic (exact) mass is 313 g/mol. The molecule has 22 heavy (non-hydrogen) atoms. The zero-order chi connectivity index (χ0) is 16.3. The number of carbonyl (C=O) groups excluding carboxylic acids is 1. The quantitative estimate of drug-likeness (QED) is 0.852. The minimum absolute atomic E-state index is 0.00705. The van der Waals surface area contributed by atoms with Crippen molar-refractivity contribution < 1.29 is 22.4 Å². The van der Waals surface area contributed by atoms with Gasteiger partial charge in [-0.1, -0.05) is 0 Å². The number of carbonyl (C=O) groups is 1. The number of nitrogens with one attached hydrogen (secondary N) is 2. The van der Waals surface area contributed by atoms with Crippen molar-refractivity contribution in [1.82, 2.24) is 4.98 Å². The van der Waals surface area contributed by atoms with Gasteiger partial charge < -0.3 is 10.6 Å². The van der Waals surface area contributed by atoms with Crippen LogP contribution in [0.4, 0.5) is 29.1 Å². The molecule has 8 heteroatoms. The van der Waals surface area contributed by atoms with Crippen LogP contribution in [-0.2, 0) is 6.18 Å². The Labute approximate surface area is 123 Å². The van der Waals surface area contributed by atoms with Gasteiger partial charge in [-0.05, 0) is 30.3 Å². The lowest BCUT2D eigenvalue weighted by atomic mass is 10.1. The summed E-state index contributed by atoms with van der Waals surface area (Å²) in [6.07, 6.45) is -3.97. The predicted molar refractivity (Wildman–Crippen MR) is 73.1 cm³/mol.